The van der Waals surface area contributed by atoms with E-state index in [0.29, 0.717) is 6.04 Å². The monoisotopic (exact) mass is 523 g/mol. The molecule has 0 aliphatic heterocycles. The summed E-state index contributed by atoms with van der Waals surface area (Å²) in [6.45, 7) is 5.33. The van der Waals surface area contributed by atoms with Gasteiger partial charge in [-0.1, -0.05) is 110 Å². The molecule has 0 amide bonds. The van der Waals surface area contributed by atoms with E-state index in [9.17, 15) is 0 Å². The van der Waals surface area contributed by atoms with E-state index < -0.39 is 0 Å². The van der Waals surface area contributed by atoms with Crippen molar-refractivity contribution in [2.75, 3.05) is 0 Å². The Balaban J connectivity index is 0.000000242. The minimum Gasteiger partial charge on any atom is -0.310 e. The first-order valence-corrected chi connectivity index (χ1v) is 14.5. The first-order valence-electron chi connectivity index (χ1n) is 14.5. The van der Waals surface area contributed by atoms with Gasteiger partial charge in [-0.05, 0) is 76.3 Å². The predicted octanol–water partition coefficient (Wildman–Crippen LogP) is 8.61. The molecule has 0 atom stereocenters. The van der Waals surface area contributed by atoms with Crippen LogP contribution in [0.3, 0.4) is 0 Å². The third-order valence-electron chi connectivity index (χ3n) is 8.04. The van der Waals surface area contributed by atoms with Crippen molar-refractivity contribution in [3.63, 3.8) is 0 Å². The number of allylic oxidation sites excluding steroid dienone is 4. The molecule has 1 heterocycles. The van der Waals surface area contributed by atoms with Crippen LogP contribution in [0.5, 0.6) is 0 Å². The zero-order chi connectivity index (χ0) is 27.3. The van der Waals surface area contributed by atoms with Crippen LogP contribution in [0.2, 0.25) is 0 Å². The molecule has 5 aromatic rings. The minimum absolute atomic E-state index is 0.506. The molecular weight excluding hydrogens is 486 g/mol. The van der Waals surface area contributed by atoms with E-state index in [1.807, 2.05) is 24.3 Å². The highest BCUT2D eigenvalue weighted by Gasteiger charge is 2.21. The Morgan fingerprint density at radius 1 is 0.750 bits per heavy atom. The maximum atomic E-state index is 3.76. The number of nitrogens with one attached hydrogen (secondary N) is 1. The molecule has 3 heteroatoms. The normalized spacial score (nSPS) is 14.2. The average Bonchev–Trinajstić information content (AvgIpc) is 3.00. The van der Waals surface area contributed by atoms with Crippen molar-refractivity contribution in [2.45, 2.75) is 58.5 Å². The van der Waals surface area contributed by atoms with Gasteiger partial charge in [0.05, 0.1) is 12.4 Å². The second kappa shape index (κ2) is 12.0. The van der Waals surface area contributed by atoms with Crippen LogP contribution in [0.25, 0.3) is 27.1 Å². The van der Waals surface area contributed by atoms with Gasteiger partial charge in [0, 0.05) is 23.4 Å². The molecule has 7 rings (SSSR count). The molecule has 0 unspecified atom stereocenters. The number of nitrogens with zero attached hydrogens (tertiary/aromatic N) is 2. The van der Waals surface area contributed by atoms with Crippen molar-refractivity contribution in [1.82, 2.24) is 15.5 Å². The highest BCUT2D eigenvalue weighted by Crippen LogP contribution is 2.41. The molecule has 0 radical (unpaired) electrons. The van der Waals surface area contributed by atoms with Crippen LogP contribution < -0.4 is 5.32 Å². The first-order chi connectivity index (χ1) is 19.7. The van der Waals surface area contributed by atoms with Gasteiger partial charge < -0.3 is 5.32 Å². The van der Waals surface area contributed by atoms with Crippen LogP contribution >= 0.6 is 0 Å². The molecule has 2 aliphatic carbocycles. The number of fused-ring (bicyclic) bond motifs is 5. The average molecular weight is 524 g/mol. The van der Waals surface area contributed by atoms with Crippen molar-refractivity contribution in [1.29, 1.82) is 0 Å². The second-order valence-electron chi connectivity index (χ2n) is 11.2. The van der Waals surface area contributed by atoms with E-state index in [1.54, 1.807) is 23.5 Å². The number of benzene rings is 4. The Morgan fingerprint density at radius 3 is 2.30 bits per heavy atom. The van der Waals surface area contributed by atoms with Crippen LogP contribution in [0, 0.1) is 0 Å². The van der Waals surface area contributed by atoms with Crippen molar-refractivity contribution in [3.8, 4) is 0 Å². The standard InChI is InChI=1S/C29H31N.C8H6N2/c1-20(2)30-19-22-8-5-7-21(17-22)18-25-11-6-10-24-14-15-27-26-12-4-3-9-23(26)13-16-28(27)29(24)25;1-2-4-8-6-10-9-5-7(8)3-1/h4-8,10-12,14-15,17,20,30H,3,9,13,16,18-19H2,1-2H3;1-6H. The summed E-state index contributed by atoms with van der Waals surface area (Å²) in [4.78, 5) is 0. The summed E-state index contributed by atoms with van der Waals surface area (Å²) in [5, 5.41) is 16.2. The molecule has 0 saturated heterocycles. The Labute approximate surface area is 237 Å². The van der Waals surface area contributed by atoms with Crippen LogP contribution in [-0.4, -0.2) is 16.2 Å². The SMILES string of the molecule is CC(C)NCc1cccc(Cc2cccc3ccc4c(c23)CCC2=C4C=CCC2)c1.c1ccc2cnncc2c1. The van der Waals surface area contributed by atoms with Gasteiger partial charge in [0.1, 0.15) is 0 Å². The highest BCUT2D eigenvalue weighted by atomic mass is 15.1. The predicted molar refractivity (Wildman–Crippen MR) is 168 cm³/mol. The fourth-order valence-corrected chi connectivity index (χ4v) is 6.05. The molecule has 0 spiro atoms. The number of rotatable bonds is 5. The van der Waals surface area contributed by atoms with E-state index in [4.69, 9.17) is 0 Å². The largest absolute Gasteiger partial charge is 0.310 e. The highest BCUT2D eigenvalue weighted by molar-refractivity contribution is 5.96. The molecule has 0 bridgehead atoms. The number of aromatic nitrogens is 2. The van der Waals surface area contributed by atoms with Gasteiger partial charge >= 0.3 is 0 Å². The summed E-state index contributed by atoms with van der Waals surface area (Å²) >= 11 is 0. The van der Waals surface area contributed by atoms with Gasteiger partial charge in [-0.2, -0.15) is 10.2 Å². The molecule has 4 aromatic carbocycles. The summed E-state index contributed by atoms with van der Waals surface area (Å²) in [7, 11) is 0. The quantitative estimate of drug-likeness (QED) is 0.251. The summed E-state index contributed by atoms with van der Waals surface area (Å²) < 4.78 is 0. The molecule has 40 heavy (non-hydrogen) atoms. The molecule has 0 fully saturated rings. The number of hydrogen-bond acceptors (Lipinski definition) is 3. The fraction of sp³-hybridized carbons (Fsp3) is 0.243. The second-order valence-corrected chi connectivity index (χ2v) is 11.2. The van der Waals surface area contributed by atoms with Crippen molar-refractivity contribution in [2.24, 2.45) is 0 Å². The van der Waals surface area contributed by atoms with Gasteiger partial charge in [-0.3, -0.25) is 0 Å². The maximum absolute atomic E-state index is 3.76. The first kappa shape index (κ1) is 26.2. The number of aryl methyl sites for hydroxylation is 1. The topological polar surface area (TPSA) is 37.8 Å². The molecule has 200 valence electrons. The van der Waals surface area contributed by atoms with Crippen LogP contribution in [0.15, 0.2) is 109 Å². The lowest BCUT2D eigenvalue weighted by atomic mass is 9.78. The van der Waals surface area contributed by atoms with E-state index in [-0.39, 0.29) is 0 Å². The molecular formula is C37H37N3. The summed E-state index contributed by atoms with van der Waals surface area (Å²) in [5.74, 6) is 0. The Hall–Kier alpha value is -4.08. The van der Waals surface area contributed by atoms with Gasteiger partial charge in [-0.15, -0.1) is 0 Å². The maximum Gasteiger partial charge on any atom is 0.0574 e. The van der Waals surface area contributed by atoms with E-state index >= 15 is 0 Å². The Kier molecular flexibility index (Phi) is 7.83. The Morgan fingerprint density at radius 2 is 1.50 bits per heavy atom. The third-order valence-corrected chi connectivity index (χ3v) is 8.04. The zero-order valence-electron chi connectivity index (χ0n) is 23.5. The molecule has 1 N–H and O–H groups in total. The lowest BCUT2D eigenvalue weighted by Crippen LogP contribution is -2.21. The third kappa shape index (κ3) is 5.76. The van der Waals surface area contributed by atoms with E-state index in [1.165, 1.54) is 64.3 Å². The lowest BCUT2D eigenvalue weighted by molar-refractivity contribution is 0.588. The van der Waals surface area contributed by atoms with Gasteiger partial charge in [0.25, 0.3) is 0 Å². The zero-order valence-corrected chi connectivity index (χ0v) is 23.5. The van der Waals surface area contributed by atoms with Crippen LogP contribution in [0.4, 0.5) is 0 Å². The summed E-state index contributed by atoms with van der Waals surface area (Å²) in [6, 6.07) is 29.1. The van der Waals surface area contributed by atoms with E-state index in [0.717, 1.165) is 23.7 Å². The van der Waals surface area contributed by atoms with Gasteiger partial charge in [0.2, 0.25) is 0 Å². The van der Waals surface area contributed by atoms with Gasteiger partial charge in [-0.25, -0.2) is 0 Å². The Bertz CT molecular complexity index is 1640. The number of hydrogen-bond donors (Lipinski definition) is 1. The summed E-state index contributed by atoms with van der Waals surface area (Å²) in [6.07, 6.45) is 14.1. The lowest BCUT2D eigenvalue weighted by Gasteiger charge is -2.26. The van der Waals surface area contributed by atoms with Crippen molar-refractivity contribution >= 4 is 27.1 Å². The molecule has 3 nitrogen and oxygen atoms in total. The molecule has 2 aliphatic rings. The van der Waals surface area contributed by atoms with Crippen LogP contribution in [0.1, 0.15) is 60.9 Å². The molecule has 0 saturated carbocycles. The summed E-state index contributed by atoms with van der Waals surface area (Å²) in [5.41, 5.74) is 10.4. The van der Waals surface area contributed by atoms with Gasteiger partial charge in [0.15, 0.2) is 0 Å². The van der Waals surface area contributed by atoms with Crippen molar-refractivity contribution in [3.05, 3.63) is 137 Å². The minimum atomic E-state index is 0.506. The van der Waals surface area contributed by atoms with E-state index in [2.05, 4.69) is 96.1 Å². The smallest absolute Gasteiger partial charge is 0.0574 e. The van der Waals surface area contributed by atoms with Crippen LogP contribution in [-0.2, 0) is 19.4 Å². The molecule has 1 aromatic heterocycles. The fourth-order valence-electron chi connectivity index (χ4n) is 6.05. The van der Waals surface area contributed by atoms with Crippen molar-refractivity contribution < 1.29 is 0 Å².